The molecule has 1 aliphatic rings. The van der Waals surface area contributed by atoms with Crippen molar-refractivity contribution < 1.29 is 0 Å². The maximum Gasteiger partial charge on any atom is 0.0172 e. The number of hydrogen-bond donors (Lipinski definition) is 1. The number of thioether (sulfide) groups is 1. The first kappa shape index (κ1) is 12.1. The van der Waals surface area contributed by atoms with Gasteiger partial charge in [0.1, 0.15) is 0 Å². The van der Waals surface area contributed by atoms with Crippen molar-refractivity contribution in [2.24, 2.45) is 0 Å². The average Bonchev–Trinajstić information content (AvgIpc) is 2.63. The van der Waals surface area contributed by atoms with E-state index >= 15 is 0 Å². The van der Waals surface area contributed by atoms with Crippen molar-refractivity contribution in [2.75, 3.05) is 12.3 Å². The first-order chi connectivity index (χ1) is 6.68. The van der Waals surface area contributed by atoms with Gasteiger partial charge in [-0.05, 0) is 12.8 Å². The largest absolute Gasteiger partial charge is 0.311 e. The van der Waals surface area contributed by atoms with Crippen LogP contribution >= 0.6 is 11.8 Å². The topological polar surface area (TPSA) is 12.0 Å². The van der Waals surface area contributed by atoms with Crippen LogP contribution in [0.5, 0.6) is 0 Å². The third kappa shape index (κ3) is 5.06. The van der Waals surface area contributed by atoms with Crippen molar-refractivity contribution in [3.8, 4) is 0 Å². The second-order valence-electron chi connectivity index (χ2n) is 4.50. The van der Waals surface area contributed by atoms with Crippen LogP contribution in [0.1, 0.15) is 39.5 Å². The molecule has 82 valence electrons. The highest BCUT2D eigenvalue weighted by molar-refractivity contribution is 8.00. The normalized spacial score (nSPS) is 17.9. The van der Waals surface area contributed by atoms with Gasteiger partial charge < -0.3 is 5.32 Å². The van der Waals surface area contributed by atoms with E-state index in [1.807, 2.05) is 0 Å². The molecule has 1 rings (SSSR count). The summed E-state index contributed by atoms with van der Waals surface area (Å²) in [7, 11) is 0. The molecule has 0 spiro atoms. The van der Waals surface area contributed by atoms with Crippen LogP contribution in [-0.2, 0) is 0 Å². The molecule has 0 aliphatic heterocycles. The fourth-order valence-electron chi connectivity index (χ4n) is 1.69. The number of nitrogens with one attached hydrogen (secondary N) is 1. The lowest BCUT2D eigenvalue weighted by atomic mass is 10.3. The third-order valence-electron chi connectivity index (χ3n) is 2.59. The molecule has 14 heavy (non-hydrogen) atoms. The van der Waals surface area contributed by atoms with E-state index in [1.165, 1.54) is 31.3 Å². The Labute approximate surface area is 92.7 Å². The van der Waals surface area contributed by atoms with Crippen molar-refractivity contribution in [3.05, 3.63) is 12.2 Å². The third-order valence-corrected chi connectivity index (χ3v) is 4.10. The Morgan fingerprint density at radius 3 is 2.64 bits per heavy atom. The molecule has 0 heterocycles. The van der Waals surface area contributed by atoms with E-state index < -0.39 is 0 Å². The van der Waals surface area contributed by atoms with Crippen molar-refractivity contribution in [2.45, 2.75) is 50.8 Å². The molecular weight excluding hydrogens is 190 g/mol. The first-order valence-electron chi connectivity index (χ1n) is 5.70. The predicted molar refractivity (Wildman–Crippen MR) is 67.0 cm³/mol. The van der Waals surface area contributed by atoms with Crippen LogP contribution in [0.2, 0.25) is 0 Å². The Kier molecular flexibility index (Phi) is 5.64. The van der Waals surface area contributed by atoms with E-state index in [9.17, 15) is 0 Å². The monoisotopic (exact) mass is 213 g/mol. The lowest BCUT2D eigenvalue weighted by Gasteiger charge is -2.12. The molecule has 1 N–H and O–H groups in total. The first-order valence-corrected chi connectivity index (χ1v) is 6.75. The molecule has 0 radical (unpaired) electrons. The molecule has 0 aromatic carbocycles. The molecule has 1 fully saturated rings. The summed E-state index contributed by atoms with van der Waals surface area (Å²) >= 11 is 2.10. The van der Waals surface area contributed by atoms with Gasteiger partial charge in [-0.2, -0.15) is 11.8 Å². The van der Waals surface area contributed by atoms with Crippen molar-refractivity contribution >= 4 is 11.8 Å². The SMILES string of the molecule is C=C(CNC(C)C)CSC1CCCC1. The predicted octanol–water partition coefficient (Wildman–Crippen LogP) is 3.22. The van der Waals surface area contributed by atoms with Gasteiger partial charge in [0.2, 0.25) is 0 Å². The van der Waals surface area contributed by atoms with Gasteiger partial charge in [0.05, 0.1) is 0 Å². The van der Waals surface area contributed by atoms with Crippen molar-refractivity contribution in [3.63, 3.8) is 0 Å². The Hall–Kier alpha value is 0.0500. The lowest BCUT2D eigenvalue weighted by molar-refractivity contribution is 0.623. The number of hydrogen-bond acceptors (Lipinski definition) is 2. The summed E-state index contributed by atoms with van der Waals surface area (Å²) in [5.74, 6) is 1.14. The van der Waals surface area contributed by atoms with E-state index in [0.29, 0.717) is 6.04 Å². The molecule has 0 unspecified atom stereocenters. The van der Waals surface area contributed by atoms with Gasteiger partial charge in [-0.25, -0.2) is 0 Å². The van der Waals surface area contributed by atoms with Gasteiger partial charge in [0.25, 0.3) is 0 Å². The molecule has 0 aromatic rings. The summed E-state index contributed by atoms with van der Waals surface area (Å²) < 4.78 is 0. The van der Waals surface area contributed by atoms with Gasteiger partial charge in [0, 0.05) is 23.6 Å². The smallest absolute Gasteiger partial charge is 0.0172 e. The molecule has 1 nitrogen and oxygen atoms in total. The zero-order valence-corrected chi connectivity index (χ0v) is 10.3. The van der Waals surface area contributed by atoms with Gasteiger partial charge in [-0.3, -0.25) is 0 Å². The molecule has 0 aromatic heterocycles. The summed E-state index contributed by atoms with van der Waals surface area (Å²) in [5, 5.41) is 4.33. The van der Waals surface area contributed by atoms with Crippen LogP contribution in [0.25, 0.3) is 0 Å². The highest BCUT2D eigenvalue weighted by Crippen LogP contribution is 2.30. The fourth-order valence-corrected chi connectivity index (χ4v) is 2.93. The van der Waals surface area contributed by atoms with E-state index in [1.54, 1.807) is 0 Å². The molecular formula is C12H23NS. The van der Waals surface area contributed by atoms with Crippen LogP contribution in [0, 0.1) is 0 Å². The van der Waals surface area contributed by atoms with E-state index in [4.69, 9.17) is 0 Å². The summed E-state index contributed by atoms with van der Waals surface area (Å²) in [4.78, 5) is 0. The molecule has 0 saturated heterocycles. The zero-order chi connectivity index (χ0) is 10.4. The quantitative estimate of drug-likeness (QED) is 0.680. The van der Waals surface area contributed by atoms with Crippen LogP contribution in [0.15, 0.2) is 12.2 Å². The molecule has 2 heteroatoms. The molecule has 0 amide bonds. The van der Waals surface area contributed by atoms with Crippen LogP contribution < -0.4 is 5.32 Å². The Morgan fingerprint density at radius 2 is 2.07 bits per heavy atom. The Bertz CT molecular complexity index is 171. The molecule has 1 aliphatic carbocycles. The summed E-state index contributed by atoms with van der Waals surface area (Å²) in [6.45, 7) is 9.44. The Morgan fingerprint density at radius 1 is 1.43 bits per heavy atom. The minimum absolute atomic E-state index is 0.572. The summed E-state index contributed by atoms with van der Waals surface area (Å²) in [6, 6.07) is 0.572. The van der Waals surface area contributed by atoms with Crippen molar-refractivity contribution in [1.82, 2.24) is 5.32 Å². The maximum absolute atomic E-state index is 4.10. The van der Waals surface area contributed by atoms with Gasteiger partial charge in [0.15, 0.2) is 0 Å². The average molecular weight is 213 g/mol. The van der Waals surface area contributed by atoms with Gasteiger partial charge in [-0.15, -0.1) is 0 Å². The molecule has 0 atom stereocenters. The van der Waals surface area contributed by atoms with E-state index in [0.717, 1.165) is 17.5 Å². The summed E-state index contributed by atoms with van der Waals surface area (Å²) in [6.07, 6.45) is 5.73. The van der Waals surface area contributed by atoms with E-state index in [2.05, 4.69) is 37.5 Å². The lowest BCUT2D eigenvalue weighted by Crippen LogP contribution is -2.25. The second kappa shape index (κ2) is 6.52. The van der Waals surface area contributed by atoms with Crippen molar-refractivity contribution in [1.29, 1.82) is 0 Å². The van der Waals surface area contributed by atoms with Crippen LogP contribution in [0.3, 0.4) is 0 Å². The van der Waals surface area contributed by atoms with Crippen LogP contribution in [-0.4, -0.2) is 23.6 Å². The fraction of sp³-hybridized carbons (Fsp3) is 0.833. The minimum atomic E-state index is 0.572. The highest BCUT2D eigenvalue weighted by Gasteiger charge is 2.15. The molecule has 0 bridgehead atoms. The van der Waals surface area contributed by atoms with Gasteiger partial charge in [-0.1, -0.05) is 38.8 Å². The standard InChI is InChI=1S/C12H23NS/c1-10(2)13-8-11(3)9-14-12-6-4-5-7-12/h10,12-13H,3-9H2,1-2H3. The van der Waals surface area contributed by atoms with Gasteiger partial charge >= 0.3 is 0 Å². The summed E-state index contributed by atoms with van der Waals surface area (Å²) in [5.41, 5.74) is 1.34. The van der Waals surface area contributed by atoms with Crippen LogP contribution in [0.4, 0.5) is 0 Å². The molecule has 1 saturated carbocycles. The zero-order valence-electron chi connectivity index (χ0n) is 9.51. The second-order valence-corrected chi connectivity index (χ2v) is 5.79. The Balaban J connectivity index is 2.02. The highest BCUT2D eigenvalue weighted by atomic mass is 32.2. The number of rotatable bonds is 6. The maximum atomic E-state index is 4.10. The minimum Gasteiger partial charge on any atom is -0.311 e. The van der Waals surface area contributed by atoms with E-state index in [-0.39, 0.29) is 0 Å².